The fourth-order valence-corrected chi connectivity index (χ4v) is 3.59. The molecule has 4 N–H and O–H groups in total. The number of ether oxygens (including phenoxy) is 1. The number of likely N-dealkylation sites (N-methyl/N-ethyl adjacent to an activating group) is 1. The van der Waals surface area contributed by atoms with Crippen molar-refractivity contribution in [1.82, 2.24) is 20.9 Å². The SMILES string of the molecule is CCCCC(NC(=O)OC(C)(C)C)C(O)C(=O)NCC(=O)N[C@H](C(=O)N(C)C)c1cccs1. The highest BCUT2D eigenvalue weighted by atomic mass is 32.1. The molecule has 0 aliphatic carbocycles. The van der Waals surface area contributed by atoms with E-state index in [-0.39, 0.29) is 5.91 Å². The van der Waals surface area contributed by atoms with Crippen LogP contribution in [0.3, 0.4) is 0 Å². The number of amides is 4. The summed E-state index contributed by atoms with van der Waals surface area (Å²) >= 11 is 1.33. The molecule has 0 bridgehead atoms. The highest BCUT2D eigenvalue weighted by molar-refractivity contribution is 7.10. The molecule has 1 rings (SSSR count). The van der Waals surface area contributed by atoms with Crippen LogP contribution in [-0.4, -0.2) is 72.2 Å². The standard InChI is InChI=1S/C22H36N4O6S/c1-7-8-10-14(24-21(31)32-22(2,3)4)18(28)19(29)23-13-16(27)25-17(20(30)26(5)6)15-11-9-12-33-15/h9,11-12,14,17-18,28H,7-8,10,13H2,1-6H3,(H,23,29)(H,24,31)(H,25,27)/t14?,17-,18?/m0/s1. The van der Waals surface area contributed by atoms with Crippen molar-refractivity contribution >= 4 is 35.2 Å². The molecule has 4 amide bonds. The lowest BCUT2D eigenvalue weighted by molar-refractivity contribution is -0.135. The summed E-state index contributed by atoms with van der Waals surface area (Å²) in [6.07, 6.45) is -0.496. The molecule has 2 unspecified atom stereocenters. The third kappa shape index (κ3) is 10.2. The van der Waals surface area contributed by atoms with E-state index in [1.807, 2.05) is 6.92 Å². The van der Waals surface area contributed by atoms with Crippen LogP contribution in [-0.2, 0) is 19.1 Å². The van der Waals surface area contributed by atoms with Crippen LogP contribution < -0.4 is 16.0 Å². The maximum atomic E-state index is 12.5. The number of aliphatic hydroxyl groups excluding tert-OH is 1. The van der Waals surface area contributed by atoms with Crippen molar-refractivity contribution in [3.8, 4) is 0 Å². The van der Waals surface area contributed by atoms with Gasteiger partial charge in [-0.3, -0.25) is 14.4 Å². The van der Waals surface area contributed by atoms with Crippen LogP contribution in [0.4, 0.5) is 4.79 Å². The summed E-state index contributed by atoms with van der Waals surface area (Å²) in [5.41, 5.74) is -0.728. The van der Waals surface area contributed by atoms with Gasteiger partial charge in [0.05, 0.1) is 12.6 Å². The summed E-state index contributed by atoms with van der Waals surface area (Å²) in [5, 5.41) is 19.8. The number of nitrogens with one attached hydrogen (secondary N) is 3. The number of carbonyl (C=O) groups excluding carboxylic acids is 4. The van der Waals surface area contributed by atoms with Crippen molar-refractivity contribution in [3.63, 3.8) is 0 Å². The zero-order valence-electron chi connectivity index (χ0n) is 20.1. The number of thiophene rings is 1. The van der Waals surface area contributed by atoms with Gasteiger partial charge < -0.3 is 30.7 Å². The Morgan fingerprint density at radius 3 is 2.36 bits per heavy atom. The van der Waals surface area contributed by atoms with Crippen molar-refractivity contribution < 1.29 is 29.0 Å². The van der Waals surface area contributed by atoms with E-state index < -0.39 is 48.2 Å². The van der Waals surface area contributed by atoms with Gasteiger partial charge in [0.2, 0.25) is 11.8 Å². The van der Waals surface area contributed by atoms with E-state index in [2.05, 4.69) is 16.0 Å². The van der Waals surface area contributed by atoms with Crippen molar-refractivity contribution in [2.24, 2.45) is 0 Å². The molecule has 0 aromatic carbocycles. The smallest absolute Gasteiger partial charge is 0.407 e. The average Bonchev–Trinajstić information content (AvgIpc) is 3.25. The first-order valence-electron chi connectivity index (χ1n) is 10.8. The average molecular weight is 485 g/mol. The van der Waals surface area contributed by atoms with Crippen LogP contribution in [0.2, 0.25) is 0 Å². The Morgan fingerprint density at radius 2 is 1.85 bits per heavy atom. The predicted molar refractivity (Wildman–Crippen MR) is 126 cm³/mol. The molecule has 186 valence electrons. The minimum absolute atomic E-state index is 0.307. The van der Waals surface area contributed by atoms with E-state index in [1.165, 1.54) is 16.2 Å². The summed E-state index contributed by atoms with van der Waals surface area (Å²) < 4.78 is 5.21. The summed E-state index contributed by atoms with van der Waals surface area (Å²) in [4.78, 5) is 51.5. The normalized spacial score (nSPS) is 13.9. The molecule has 11 heteroatoms. The molecule has 0 fully saturated rings. The molecule has 0 saturated carbocycles. The Morgan fingerprint density at radius 1 is 1.18 bits per heavy atom. The van der Waals surface area contributed by atoms with Crippen LogP contribution in [0.5, 0.6) is 0 Å². The first kappa shape index (κ1) is 28.4. The first-order chi connectivity index (χ1) is 15.4. The highest BCUT2D eigenvalue weighted by Gasteiger charge is 2.30. The van der Waals surface area contributed by atoms with Crippen LogP contribution >= 0.6 is 11.3 Å². The quantitative estimate of drug-likeness (QED) is 0.376. The number of hydrogen-bond acceptors (Lipinski definition) is 7. The number of alkyl carbamates (subject to hydrolysis) is 1. The van der Waals surface area contributed by atoms with Crippen LogP contribution in [0.15, 0.2) is 17.5 Å². The molecule has 0 radical (unpaired) electrons. The molecule has 33 heavy (non-hydrogen) atoms. The largest absolute Gasteiger partial charge is 0.444 e. The minimum Gasteiger partial charge on any atom is -0.444 e. The van der Waals surface area contributed by atoms with Gasteiger partial charge in [0.1, 0.15) is 11.6 Å². The molecule has 1 aromatic rings. The number of aliphatic hydroxyl groups is 1. The van der Waals surface area contributed by atoms with Crippen LogP contribution in [0.1, 0.15) is 57.9 Å². The van der Waals surface area contributed by atoms with Crippen molar-refractivity contribution in [3.05, 3.63) is 22.4 Å². The van der Waals surface area contributed by atoms with Gasteiger partial charge in [0.25, 0.3) is 5.91 Å². The number of rotatable bonds is 11. The lowest BCUT2D eigenvalue weighted by Crippen LogP contribution is -2.53. The van der Waals surface area contributed by atoms with E-state index in [9.17, 15) is 24.3 Å². The monoisotopic (exact) mass is 484 g/mol. The van der Waals surface area contributed by atoms with Gasteiger partial charge in [-0.2, -0.15) is 0 Å². The van der Waals surface area contributed by atoms with Gasteiger partial charge in [-0.1, -0.05) is 25.8 Å². The Bertz CT molecular complexity index is 791. The van der Waals surface area contributed by atoms with E-state index in [0.717, 1.165) is 6.42 Å². The highest BCUT2D eigenvalue weighted by Crippen LogP contribution is 2.20. The van der Waals surface area contributed by atoms with Gasteiger partial charge in [-0.25, -0.2) is 4.79 Å². The van der Waals surface area contributed by atoms with E-state index in [1.54, 1.807) is 52.4 Å². The third-order valence-corrected chi connectivity index (χ3v) is 5.40. The zero-order valence-corrected chi connectivity index (χ0v) is 21.0. The fraction of sp³-hybridized carbons (Fsp3) is 0.636. The van der Waals surface area contributed by atoms with Gasteiger partial charge in [0.15, 0.2) is 6.10 Å². The molecule has 1 heterocycles. The van der Waals surface area contributed by atoms with Crippen LogP contribution in [0, 0.1) is 0 Å². The maximum absolute atomic E-state index is 12.5. The lowest BCUT2D eigenvalue weighted by atomic mass is 10.0. The first-order valence-corrected chi connectivity index (χ1v) is 11.7. The van der Waals surface area contributed by atoms with E-state index >= 15 is 0 Å². The Kier molecular flexibility index (Phi) is 11.3. The molecular weight excluding hydrogens is 448 g/mol. The summed E-state index contributed by atoms with van der Waals surface area (Å²) in [5.74, 6) is -1.71. The molecule has 0 aliphatic rings. The fourth-order valence-electron chi connectivity index (χ4n) is 2.83. The maximum Gasteiger partial charge on any atom is 0.407 e. The van der Waals surface area contributed by atoms with Crippen molar-refractivity contribution in [1.29, 1.82) is 0 Å². The Balaban J connectivity index is 2.72. The molecule has 1 aromatic heterocycles. The Labute approximate surface area is 199 Å². The summed E-state index contributed by atoms with van der Waals surface area (Å²) in [6.45, 7) is 6.63. The minimum atomic E-state index is -1.58. The van der Waals surface area contributed by atoms with Gasteiger partial charge in [-0.05, 0) is 38.6 Å². The topological polar surface area (TPSA) is 137 Å². The van der Waals surface area contributed by atoms with E-state index in [0.29, 0.717) is 17.7 Å². The van der Waals surface area contributed by atoms with E-state index in [4.69, 9.17) is 4.74 Å². The second kappa shape index (κ2) is 13.1. The molecule has 0 spiro atoms. The molecule has 10 nitrogen and oxygen atoms in total. The number of unbranched alkanes of at least 4 members (excludes halogenated alkanes) is 1. The van der Waals surface area contributed by atoms with Crippen molar-refractivity contribution in [2.45, 2.75) is 70.7 Å². The number of carbonyl (C=O) groups is 4. The third-order valence-electron chi connectivity index (χ3n) is 4.46. The van der Waals surface area contributed by atoms with Gasteiger partial charge >= 0.3 is 6.09 Å². The molecule has 0 aliphatic heterocycles. The zero-order chi connectivity index (χ0) is 25.2. The Hall–Kier alpha value is -2.66. The number of nitrogens with zero attached hydrogens (tertiary/aromatic N) is 1. The second-order valence-electron chi connectivity index (χ2n) is 8.81. The predicted octanol–water partition coefficient (Wildman–Crippen LogP) is 1.55. The molecule has 0 saturated heterocycles. The number of hydrogen-bond donors (Lipinski definition) is 4. The lowest BCUT2D eigenvalue weighted by Gasteiger charge is -2.26. The van der Waals surface area contributed by atoms with Crippen molar-refractivity contribution in [2.75, 3.05) is 20.6 Å². The van der Waals surface area contributed by atoms with Gasteiger partial charge in [-0.15, -0.1) is 11.3 Å². The molecule has 3 atom stereocenters. The second-order valence-corrected chi connectivity index (χ2v) is 9.79. The van der Waals surface area contributed by atoms with Gasteiger partial charge in [0, 0.05) is 19.0 Å². The summed E-state index contributed by atoms with van der Waals surface area (Å²) in [6, 6.07) is 1.76. The summed E-state index contributed by atoms with van der Waals surface area (Å²) in [7, 11) is 3.17. The van der Waals surface area contributed by atoms with Crippen LogP contribution in [0.25, 0.3) is 0 Å². The molecular formula is C22H36N4O6S.